The summed E-state index contributed by atoms with van der Waals surface area (Å²) in [6, 6.07) is 18.7. The van der Waals surface area contributed by atoms with Gasteiger partial charge in [0.25, 0.3) is 5.91 Å². The second-order valence-electron chi connectivity index (χ2n) is 6.49. The Morgan fingerprint density at radius 3 is 2.08 bits per heavy atom. The normalized spacial score (nSPS) is 14.3. The van der Waals surface area contributed by atoms with E-state index in [4.69, 9.17) is 0 Å². The highest BCUT2D eigenvalue weighted by Gasteiger charge is 2.19. The zero-order valence-electron chi connectivity index (χ0n) is 14.4. The van der Waals surface area contributed by atoms with Gasteiger partial charge in [-0.1, -0.05) is 49.4 Å². The molecule has 0 spiro atoms. The van der Waals surface area contributed by atoms with Crippen molar-refractivity contribution in [3.05, 3.63) is 71.3 Å². The minimum atomic E-state index is 0.177. The summed E-state index contributed by atoms with van der Waals surface area (Å²) < 4.78 is 0. The van der Waals surface area contributed by atoms with Gasteiger partial charge < -0.3 is 4.90 Å². The third-order valence-corrected chi connectivity index (χ3v) is 4.70. The van der Waals surface area contributed by atoms with E-state index in [9.17, 15) is 4.79 Å². The summed E-state index contributed by atoms with van der Waals surface area (Å²) in [6.45, 7) is 6.86. The molecule has 0 unspecified atom stereocenters. The second-order valence-corrected chi connectivity index (χ2v) is 6.49. The molecule has 0 N–H and O–H groups in total. The van der Waals surface area contributed by atoms with Crippen LogP contribution in [-0.2, 0) is 13.1 Å². The Hall–Kier alpha value is -2.13. The summed E-state index contributed by atoms with van der Waals surface area (Å²) in [7, 11) is 0. The van der Waals surface area contributed by atoms with Gasteiger partial charge in [0.1, 0.15) is 0 Å². The Bertz CT molecular complexity index is 645. The van der Waals surface area contributed by atoms with E-state index >= 15 is 0 Å². The molecule has 2 aromatic rings. The first-order valence-corrected chi connectivity index (χ1v) is 8.91. The SMILES string of the molecule is CCN(Cc1ccccc1)Cc1ccc(C(=O)N2CCCC2)cc1. The minimum Gasteiger partial charge on any atom is -0.339 e. The summed E-state index contributed by atoms with van der Waals surface area (Å²) in [5.41, 5.74) is 3.40. The van der Waals surface area contributed by atoms with Crippen LogP contribution in [0, 0.1) is 0 Å². The Balaban J connectivity index is 1.61. The smallest absolute Gasteiger partial charge is 0.253 e. The molecule has 3 heteroatoms. The number of hydrogen-bond acceptors (Lipinski definition) is 2. The van der Waals surface area contributed by atoms with Crippen molar-refractivity contribution in [1.29, 1.82) is 0 Å². The van der Waals surface area contributed by atoms with Gasteiger partial charge in [-0.15, -0.1) is 0 Å². The molecule has 1 fully saturated rings. The molecule has 0 radical (unpaired) electrons. The van der Waals surface area contributed by atoms with Gasteiger partial charge in [-0.05, 0) is 42.6 Å². The van der Waals surface area contributed by atoms with Gasteiger partial charge in [-0.2, -0.15) is 0 Å². The molecule has 126 valence electrons. The van der Waals surface area contributed by atoms with Crippen molar-refractivity contribution in [3.8, 4) is 0 Å². The van der Waals surface area contributed by atoms with Gasteiger partial charge in [0.05, 0.1) is 0 Å². The molecular weight excluding hydrogens is 296 g/mol. The van der Waals surface area contributed by atoms with E-state index in [2.05, 4.69) is 54.3 Å². The maximum atomic E-state index is 12.4. The molecule has 0 aliphatic carbocycles. The highest BCUT2D eigenvalue weighted by molar-refractivity contribution is 5.94. The monoisotopic (exact) mass is 322 g/mol. The number of amides is 1. The number of rotatable bonds is 6. The van der Waals surface area contributed by atoms with Crippen LogP contribution in [0.1, 0.15) is 41.3 Å². The van der Waals surface area contributed by atoms with Crippen molar-refractivity contribution in [2.45, 2.75) is 32.9 Å². The van der Waals surface area contributed by atoms with E-state index in [0.29, 0.717) is 0 Å². The van der Waals surface area contributed by atoms with Crippen LogP contribution in [0.3, 0.4) is 0 Å². The van der Waals surface area contributed by atoms with Crippen molar-refractivity contribution < 1.29 is 4.79 Å². The van der Waals surface area contributed by atoms with Gasteiger partial charge in [0.15, 0.2) is 0 Å². The molecule has 0 bridgehead atoms. The minimum absolute atomic E-state index is 0.177. The number of carbonyl (C=O) groups is 1. The van der Waals surface area contributed by atoms with Gasteiger partial charge in [-0.3, -0.25) is 9.69 Å². The highest BCUT2D eigenvalue weighted by Crippen LogP contribution is 2.15. The Kier molecular flexibility index (Phi) is 5.65. The summed E-state index contributed by atoms with van der Waals surface area (Å²) in [6.07, 6.45) is 2.27. The molecule has 1 aliphatic rings. The van der Waals surface area contributed by atoms with E-state index in [1.807, 2.05) is 17.0 Å². The molecule has 1 aliphatic heterocycles. The predicted molar refractivity (Wildman–Crippen MR) is 97.8 cm³/mol. The van der Waals surface area contributed by atoms with Crippen LogP contribution in [0.5, 0.6) is 0 Å². The van der Waals surface area contributed by atoms with Crippen LogP contribution in [0.25, 0.3) is 0 Å². The van der Waals surface area contributed by atoms with Gasteiger partial charge >= 0.3 is 0 Å². The maximum Gasteiger partial charge on any atom is 0.253 e. The summed E-state index contributed by atoms with van der Waals surface area (Å²) in [5, 5.41) is 0. The maximum absolute atomic E-state index is 12.4. The molecule has 1 saturated heterocycles. The average molecular weight is 322 g/mol. The lowest BCUT2D eigenvalue weighted by atomic mass is 10.1. The van der Waals surface area contributed by atoms with E-state index in [-0.39, 0.29) is 5.91 Å². The van der Waals surface area contributed by atoms with E-state index in [0.717, 1.165) is 51.1 Å². The van der Waals surface area contributed by atoms with Crippen molar-refractivity contribution in [3.63, 3.8) is 0 Å². The Morgan fingerprint density at radius 1 is 0.917 bits per heavy atom. The topological polar surface area (TPSA) is 23.6 Å². The van der Waals surface area contributed by atoms with E-state index in [1.165, 1.54) is 11.1 Å². The molecule has 0 saturated carbocycles. The van der Waals surface area contributed by atoms with Crippen LogP contribution in [0.15, 0.2) is 54.6 Å². The van der Waals surface area contributed by atoms with Gasteiger partial charge in [0, 0.05) is 31.7 Å². The fourth-order valence-corrected chi connectivity index (χ4v) is 3.23. The summed E-state index contributed by atoms with van der Waals surface area (Å²) >= 11 is 0. The van der Waals surface area contributed by atoms with E-state index < -0.39 is 0 Å². The first kappa shape index (κ1) is 16.7. The predicted octanol–water partition coefficient (Wildman–Crippen LogP) is 3.94. The fraction of sp³-hybridized carbons (Fsp3) is 0.381. The van der Waals surface area contributed by atoms with Crippen LogP contribution in [0.4, 0.5) is 0 Å². The lowest BCUT2D eigenvalue weighted by Crippen LogP contribution is -2.27. The van der Waals surface area contributed by atoms with Crippen molar-refractivity contribution in [2.24, 2.45) is 0 Å². The van der Waals surface area contributed by atoms with Crippen LogP contribution < -0.4 is 0 Å². The fourth-order valence-electron chi connectivity index (χ4n) is 3.23. The van der Waals surface area contributed by atoms with Gasteiger partial charge in [-0.25, -0.2) is 0 Å². The molecular formula is C21H26N2O. The third kappa shape index (κ3) is 4.24. The Labute approximate surface area is 144 Å². The second kappa shape index (κ2) is 8.11. The summed E-state index contributed by atoms with van der Waals surface area (Å²) in [5.74, 6) is 0.177. The first-order chi connectivity index (χ1) is 11.8. The Morgan fingerprint density at radius 2 is 1.50 bits per heavy atom. The number of hydrogen-bond donors (Lipinski definition) is 0. The molecule has 24 heavy (non-hydrogen) atoms. The van der Waals surface area contributed by atoms with Crippen molar-refractivity contribution in [1.82, 2.24) is 9.80 Å². The molecule has 1 amide bonds. The lowest BCUT2D eigenvalue weighted by molar-refractivity contribution is 0.0793. The number of nitrogens with zero attached hydrogens (tertiary/aromatic N) is 2. The van der Waals surface area contributed by atoms with Crippen LogP contribution in [0.2, 0.25) is 0 Å². The molecule has 1 heterocycles. The molecule has 3 nitrogen and oxygen atoms in total. The first-order valence-electron chi connectivity index (χ1n) is 8.91. The molecule has 0 atom stereocenters. The quantitative estimate of drug-likeness (QED) is 0.804. The van der Waals surface area contributed by atoms with Gasteiger partial charge in [0.2, 0.25) is 0 Å². The van der Waals surface area contributed by atoms with Crippen LogP contribution >= 0.6 is 0 Å². The number of carbonyl (C=O) groups excluding carboxylic acids is 1. The zero-order chi connectivity index (χ0) is 16.8. The third-order valence-electron chi connectivity index (χ3n) is 4.70. The highest BCUT2D eigenvalue weighted by atomic mass is 16.2. The summed E-state index contributed by atoms with van der Waals surface area (Å²) in [4.78, 5) is 16.8. The standard InChI is InChI=1S/C21H26N2O/c1-2-22(16-18-8-4-3-5-9-18)17-19-10-12-20(13-11-19)21(24)23-14-6-7-15-23/h3-5,8-13H,2,6-7,14-17H2,1H3. The molecule has 3 rings (SSSR count). The number of benzene rings is 2. The van der Waals surface area contributed by atoms with E-state index in [1.54, 1.807) is 0 Å². The molecule has 2 aromatic carbocycles. The van der Waals surface area contributed by atoms with Crippen LogP contribution in [-0.4, -0.2) is 35.3 Å². The van der Waals surface area contributed by atoms with Crippen molar-refractivity contribution >= 4 is 5.91 Å². The number of likely N-dealkylation sites (tertiary alicyclic amines) is 1. The average Bonchev–Trinajstić information content (AvgIpc) is 3.17. The lowest BCUT2D eigenvalue weighted by Gasteiger charge is -2.21. The largest absolute Gasteiger partial charge is 0.339 e. The van der Waals surface area contributed by atoms with Crippen molar-refractivity contribution in [2.75, 3.05) is 19.6 Å². The molecule has 0 aromatic heterocycles. The zero-order valence-corrected chi connectivity index (χ0v) is 14.4.